The third-order valence-corrected chi connectivity index (χ3v) is 3.58. The largest absolute Gasteiger partial charge is 0.494 e. The zero-order chi connectivity index (χ0) is 13.7. The molecule has 1 aromatic carbocycles. The minimum Gasteiger partial charge on any atom is -0.494 e. The molecule has 0 radical (unpaired) electrons. The van der Waals surface area contributed by atoms with E-state index >= 15 is 0 Å². The Kier molecular flexibility index (Phi) is 4.80. The molecule has 0 bridgehead atoms. The molecule has 0 aliphatic heterocycles. The van der Waals surface area contributed by atoms with Gasteiger partial charge < -0.3 is 14.8 Å². The van der Waals surface area contributed by atoms with Crippen molar-refractivity contribution >= 4 is 5.97 Å². The Hall–Kier alpha value is -1.55. The number of hydrogen-bond acceptors (Lipinski definition) is 4. The summed E-state index contributed by atoms with van der Waals surface area (Å²) in [4.78, 5) is 11.4. The molecule has 4 nitrogen and oxygen atoms in total. The van der Waals surface area contributed by atoms with Crippen LogP contribution in [-0.2, 0) is 22.4 Å². The highest BCUT2D eigenvalue weighted by Crippen LogP contribution is 2.26. The van der Waals surface area contributed by atoms with Gasteiger partial charge in [0.05, 0.1) is 13.7 Å². The quantitative estimate of drug-likeness (QED) is 0.794. The molecule has 1 unspecified atom stereocenters. The number of hydrogen-bond donors (Lipinski definition) is 1. The molecule has 0 heterocycles. The van der Waals surface area contributed by atoms with Crippen LogP contribution in [0.1, 0.15) is 24.0 Å². The number of carbonyl (C=O) groups excluding carboxylic acids is 1. The first-order valence-corrected chi connectivity index (χ1v) is 6.74. The Balaban J connectivity index is 1.84. The van der Waals surface area contributed by atoms with Crippen molar-refractivity contribution in [2.45, 2.75) is 31.7 Å². The number of methoxy groups -OCH3 is 1. The van der Waals surface area contributed by atoms with Crippen molar-refractivity contribution in [1.82, 2.24) is 5.32 Å². The summed E-state index contributed by atoms with van der Waals surface area (Å²) in [7, 11) is 3.14. The normalized spacial score (nSPS) is 14.8. The predicted molar refractivity (Wildman–Crippen MR) is 73.4 cm³/mol. The zero-order valence-electron chi connectivity index (χ0n) is 11.6. The predicted octanol–water partition coefficient (Wildman–Crippen LogP) is 1.71. The summed E-state index contributed by atoms with van der Waals surface area (Å²) in [6, 6.07) is 5.97. The Morgan fingerprint density at radius 1 is 1.37 bits per heavy atom. The summed E-state index contributed by atoms with van der Waals surface area (Å²) >= 11 is 0. The summed E-state index contributed by atoms with van der Waals surface area (Å²) in [6.45, 7) is 0.499. The molecule has 0 fully saturated rings. The van der Waals surface area contributed by atoms with Gasteiger partial charge in [-0.15, -0.1) is 0 Å². The van der Waals surface area contributed by atoms with Gasteiger partial charge in [-0.3, -0.25) is 4.79 Å². The number of benzene rings is 1. The molecule has 1 N–H and O–H groups in total. The van der Waals surface area contributed by atoms with Gasteiger partial charge in [0.25, 0.3) is 0 Å². The smallest absolute Gasteiger partial charge is 0.322 e. The van der Waals surface area contributed by atoms with Crippen LogP contribution in [-0.4, -0.2) is 32.8 Å². The van der Waals surface area contributed by atoms with Crippen molar-refractivity contribution in [3.05, 3.63) is 29.3 Å². The lowest BCUT2D eigenvalue weighted by Gasteiger charge is -2.14. The van der Waals surface area contributed by atoms with Crippen LogP contribution in [0.4, 0.5) is 0 Å². The summed E-state index contributed by atoms with van der Waals surface area (Å²) in [5, 5.41) is 2.93. The molecule has 0 spiro atoms. The van der Waals surface area contributed by atoms with Crippen molar-refractivity contribution < 1.29 is 14.3 Å². The van der Waals surface area contributed by atoms with Crippen molar-refractivity contribution in [2.24, 2.45) is 0 Å². The van der Waals surface area contributed by atoms with Crippen LogP contribution in [0.5, 0.6) is 5.75 Å². The highest BCUT2D eigenvalue weighted by molar-refractivity contribution is 5.75. The van der Waals surface area contributed by atoms with Crippen LogP contribution in [0.25, 0.3) is 0 Å². The van der Waals surface area contributed by atoms with Crippen LogP contribution in [0.3, 0.4) is 0 Å². The van der Waals surface area contributed by atoms with Gasteiger partial charge in [0, 0.05) is 6.42 Å². The molecule has 19 heavy (non-hydrogen) atoms. The fraction of sp³-hybridized carbons (Fsp3) is 0.533. The molecule has 2 rings (SSSR count). The molecule has 4 heteroatoms. The SMILES string of the molecule is CNC(CCOc1ccc2c(c1)CCC2)C(=O)OC. The second kappa shape index (κ2) is 6.57. The van der Waals surface area contributed by atoms with Crippen LogP contribution in [0, 0.1) is 0 Å². The number of carbonyl (C=O) groups is 1. The highest BCUT2D eigenvalue weighted by atomic mass is 16.5. The summed E-state index contributed by atoms with van der Waals surface area (Å²) in [6.07, 6.45) is 4.16. The first-order valence-electron chi connectivity index (χ1n) is 6.74. The fourth-order valence-electron chi connectivity index (χ4n) is 2.45. The van der Waals surface area contributed by atoms with E-state index in [1.54, 1.807) is 7.05 Å². The Morgan fingerprint density at radius 2 is 2.16 bits per heavy atom. The topological polar surface area (TPSA) is 47.6 Å². The third kappa shape index (κ3) is 3.47. The van der Waals surface area contributed by atoms with Crippen LogP contribution in [0.15, 0.2) is 18.2 Å². The molecule has 0 aromatic heterocycles. The summed E-state index contributed by atoms with van der Waals surface area (Å²) in [5.41, 5.74) is 2.84. The average molecular weight is 263 g/mol. The fourth-order valence-corrected chi connectivity index (χ4v) is 2.45. The van der Waals surface area contributed by atoms with E-state index in [0.717, 1.165) is 12.2 Å². The van der Waals surface area contributed by atoms with Crippen molar-refractivity contribution in [3.8, 4) is 5.75 Å². The molecule has 1 aliphatic carbocycles. The van der Waals surface area contributed by atoms with E-state index in [2.05, 4.69) is 17.4 Å². The molecule has 1 aliphatic rings. The Bertz CT molecular complexity index is 445. The molecular weight excluding hydrogens is 242 g/mol. The number of nitrogens with one attached hydrogen (secondary N) is 1. The van der Waals surface area contributed by atoms with E-state index in [0.29, 0.717) is 13.0 Å². The maximum atomic E-state index is 11.4. The Labute approximate surface area is 114 Å². The highest BCUT2D eigenvalue weighted by Gasteiger charge is 2.17. The van der Waals surface area contributed by atoms with Crippen molar-refractivity contribution in [3.63, 3.8) is 0 Å². The van der Waals surface area contributed by atoms with Gasteiger partial charge >= 0.3 is 5.97 Å². The van der Waals surface area contributed by atoms with Gasteiger partial charge in [-0.25, -0.2) is 0 Å². The van der Waals surface area contributed by atoms with E-state index < -0.39 is 0 Å². The van der Waals surface area contributed by atoms with Gasteiger partial charge in [-0.2, -0.15) is 0 Å². The number of esters is 1. The van der Waals surface area contributed by atoms with Crippen molar-refractivity contribution in [1.29, 1.82) is 0 Å². The first kappa shape index (κ1) is 13.9. The van der Waals surface area contributed by atoms with Crippen LogP contribution in [0.2, 0.25) is 0 Å². The van der Waals surface area contributed by atoms with Gasteiger partial charge in [-0.05, 0) is 49.6 Å². The number of fused-ring (bicyclic) bond motifs is 1. The standard InChI is InChI=1S/C15H21NO3/c1-16-14(15(17)18-2)8-9-19-13-7-6-11-4-3-5-12(11)10-13/h6-7,10,14,16H,3-5,8-9H2,1-2H3. The van der Waals surface area contributed by atoms with Gasteiger partial charge in [0.15, 0.2) is 0 Å². The van der Waals surface area contributed by atoms with Gasteiger partial charge in [0.1, 0.15) is 11.8 Å². The van der Waals surface area contributed by atoms with Crippen molar-refractivity contribution in [2.75, 3.05) is 20.8 Å². The summed E-state index contributed by atoms with van der Waals surface area (Å²) < 4.78 is 10.4. The molecule has 1 aromatic rings. The van der Waals surface area contributed by atoms with Gasteiger partial charge in [0.2, 0.25) is 0 Å². The third-order valence-electron chi connectivity index (χ3n) is 3.58. The lowest BCUT2D eigenvalue weighted by molar-refractivity contribution is -0.143. The molecule has 1 atom stereocenters. The maximum Gasteiger partial charge on any atom is 0.322 e. The lowest BCUT2D eigenvalue weighted by Crippen LogP contribution is -2.36. The molecule has 0 saturated carbocycles. The second-order valence-corrected chi connectivity index (χ2v) is 4.79. The minimum absolute atomic E-state index is 0.250. The maximum absolute atomic E-state index is 11.4. The number of ether oxygens (including phenoxy) is 2. The summed E-state index contributed by atoms with van der Waals surface area (Å²) in [5.74, 6) is 0.639. The van der Waals surface area contributed by atoms with E-state index in [4.69, 9.17) is 9.47 Å². The number of aryl methyl sites for hydroxylation is 2. The van der Waals surface area contributed by atoms with Crippen LogP contribution >= 0.6 is 0 Å². The minimum atomic E-state index is -0.306. The second-order valence-electron chi connectivity index (χ2n) is 4.79. The van der Waals surface area contributed by atoms with Crippen LogP contribution < -0.4 is 10.1 Å². The lowest BCUT2D eigenvalue weighted by atomic mass is 10.1. The van der Waals surface area contributed by atoms with Gasteiger partial charge in [-0.1, -0.05) is 6.07 Å². The zero-order valence-corrected chi connectivity index (χ0v) is 11.6. The van der Waals surface area contributed by atoms with E-state index in [-0.39, 0.29) is 12.0 Å². The molecule has 0 amide bonds. The molecular formula is C15H21NO3. The van der Waals surface area contributed by atoms with E-state index in [1.807, 2.05) is 6.07 Å². The average Bonchev–Trinajstić information content (AvgIpc) is 2.90. The molecule has 104 valence electrons. The first-order chi connectivity index (χ1) is 9.24. The monoisotopic (exact) mass is 263 g/mol. The van der Waals surface area contributed by atoms with E-state index in [1.165, 1.54) is 31.1 Å². The number of rotatable bonds is 6. The Morgan fingerprint density at radius 3 is 2.89 bits per heavy atom. The molecule has 0 saturated heterocycles. The number of likely N-dealkylation sites (N-methyl/N-ethyl adjacent to an activating group) is 1. The van der Waals surface area contributed by atoms with E-state index in [9.17, 15) is 4.79 Å².